The Bertz CT molecular complexity index is 976. The molecule has 3 rings (SSSR count). The lowest BCUT2D eigenvalue weighted by Gasteiger charge is -2.09. The van der Waals surface area contributed by atoms with Crippen molar-refractivity contribution in [3.63, 3.8) is 0 Å². The van der Waals surface area contributed by atoms with E-state index in [1.165, 1.54) is 18.7 Å². The molecule has 0 fully saturated rings. The fraction of sp³-hybridized carbons (Fsp3) is 0.167. The van der Waals surface area contributed by atoms with Crippen molar-refractivity contribution in [3.8, 4) is 16.8 Å². The lowest BCUT2D eigenvalue weighted by molar-refractivity contribution is -0.117. The molecule has 7 heteroatoms. The summed E-state index contributed by atoms with van der Waals surface area (Å²) in [5.74, 6) is -0.541. The van der Waals surface area contributed by atoms with Gasteiger partial charge in [-0.15, -0.1) is 11.3 Å². The van der Waals surface area contributed by atoms with Crippen LogP contribution in [-0.4, -0.2) is 27.2 Å². The van der Waals surface area contributed by atoms with Crippen molar-refractivity contribution < 1.29 is 4.79 Å². The van der Waals surface area contributed by atoms with Crippen molar-refractivity contribution in [2.75, 3.05) is 5.75 Å². The van der Waals surface area contributed by atoms with Crippen LogP contribution in [0.15, 0.2) is 46.8 Å². The Hall–Kier alpha value is -2.56. The minimum atomic E-state index is -0.989. The molecule has 0 radical (unpaired) electrons. The third-order valence-electron chi connectivity index (χ3n) is 3.55. The smallest absolute Gasteiger partial charge is 0.171 e. The van der Waals surface area contributed by atoms with E-state index < -0.39 is 5.92 Å². The summed E-state index contributed by atoms with van der Waals surface area (Å²) in [6.45, 7) is 1.48. The summed E-state index contributed by atoms with van der Waals surface area (Å²) in [5, 5.41) is 20.2. The fourth-order valence-corrected chi connectivity index (χ4v) is 3.89. The second-order valence-electron chi connectivity index (χ2n) is 5.35. The summed E-state index contributed by atoms with van der Waals surface area (Å²) in [7, 11) is 0. The van der Waals surface area contributed by atoms with Gasteiger partial charge in [-0.1, -0.05) is 36.0 Å². The summed E-state index contributed by atoms with van der Waals surface area (Å²) in [4.78, 5) is 22.4. The molecule has 5 nitrogen and oxygen atoms in total. The predicted molar refractivity (Wildman–Crippen MR) is 101 cm³/mol. The number of ketones is 1. The number of thioether (sulfide) groups is 1. The van der Waals surface area contributed by atoms with Gasteiger partial charge >= 0.3 is 0 Å². The number of para-hydroxylation sites is 1. The van der Waals surface area contributed by atoms with E-state index in [2.05, 4.69) is 9.97 Å². The van der Waals surface area contributed by atoms with Crippen LogP contribution >= 0.6 is 23.1 Å². The summed E-state index contributed by atoms with van der Waals surface area (Å²) in [6, 6.07) is 13.4. The SMILES string of the molecule is CC(=N)C(C#N)C(=O)CSc1nc(-c2cccs2)nc2ccccc12. The van der Waals surface area contributed by atoms with Gasteiger partial charge in [-0.25, -0.2) is 9.97 Å². The summed E-state index contributed by atoms with van der Waals surface area (Å²) >= 11 is 2.84. The molecule has 0 amide bonds. The number of thiophene rings is 1. The first kappa shape index (κ1) is 17.3. The van der Waals surface area contributed by atoms with E-state index in [-0.39, 0.29) is 17.2 Å². The van der Waals surface area contributed by atoms with Crippen molar-refractivity contribution in [1.82, 2.24) is 9.97 Å². The number of carbonyl (C=O) groups is 1. The van der Waals surface area contributed by atoms with Gasteiger partial charge in [0.05, 0.1) is 22.2 Å². The molecule has 3 aromatic rings. The average Bonchev–Trinajstić information content (AvgIpc) is 3.14. The van der Waals surface area contributed by atoms with Crippen LogP contribution in [0.3, 0.4) is 0 Å². The topological polar surface area (TPSA) is 90.5 Å². The number of nitrogens with one attached hydrogen (secondary N) is 1. The first-order valence-corrected chi connectivity index (χ1v) is 9.37. The second-order valence-corrected chi connectivity index (χ2v) is 7.26. The monoisotopic (exact) mass is 366 g/mol. The number of nitriles is 1. The van der Waals surface area contributed by atoms with E-state index in [1.54, 1.807) is 11.3 Å². The normalized spacial score (nSPS) is 11.8. The largest absolute Gasteiger partial charge is 0.308 e. The number of hydrogen-bond acceptors (Lipinski definition) is 7. The molecule has 1 N–H and O–H groups in total. The lowest BCUT2D eigenvalue weighted by Crippen LogP contribution is -2.21. The quantitative estimate of drug-likeness (QED) is 0.401. The highest BCUT2D eigenvalue weighted by Crippen LogP contribution is 2.30. The van der Waals surface area contributed by atoms with Crippen molar-refractivity contribution in [2.24, 2.45) is 5.92 Å². The number of benzene rings is 1. The molecule has 2 aromatic heterocycles. The molecule has 1 unspecified atom stereocenters. The van der Waals surface area contributed by atoms with E-state index in [9.17, 15) is 4.79 Å². The van der Waals surface area contributed by atoms with Gasteiger partial charge < -0.3 is 5.41 Å². The highest BCUT2D eigenvalue weighted by Gasteiger charge is 2.21. The summed E-state index contributed by atoms with van der Waals surface area (Å²) < 4.78 is 0. The van der Waals surface area contributed by atoms with Crippen molar-refractivity contribution in [2.45, 2.75) is 11.9 Å². The van der Waals surface area contributed by atoms with Gasteiger partial charge in [-0.3, -0.25) is 4.79 Å². The molecule has 124 valence electrons. The Morgan fingerprint density at radius 3 is 2.80 bits per heavy atom. The number of rotatable bonds is 6. The summed E-state index contributed by atoms with van der Waals surface area (Å²) in [5.41, 5.74) is 0.885. The van der Waals surface area contributed by atoms with Crippen molar-refractivity contribution >= 4 is 45.5 Å². The first-order valence-electron chi connectivity index (χ1n) is 7.51. The molecular weight excluding hydrogens is 352 g/mol. The molecular formula is C18H14N4OS2. The van der Waals surface area contributed by atoms with Gasteiger partial charge in [0.2, 0.25) is 0 Å². The lowest BCUT2D eigenvalue weighted by atomic mass is 10.0. The molecule has 0 aliphatic heterocycles. The Kier molecular flexibility index (Phi) is 5.22. The maximum Gasteiger partial charge on any atom is 0.171 e. The molecule has 0 aliphatic carbocycles. The first-order chi connectivity index (χ1) is 12.1. The molecule has 0 aliphatic rings. The van der Waals surface area contributed by atoms with E-state index in [0.717, 1.165) is 15.8 Å². The van der Waals surface area contributed by atoms with Gasteiger partial charge in [0.15, 0.2) is 11.6 Å². The molecule has 0 bridgehead atoms. The van der Waals surface area contributed by atoms with E-state index in [0.29, 0.717) is 10.9 Å². The number of Topliss-reactive ketones (excluding diaryl/α,β-unsaturated/α-hetero) is 1. The zero-order valence-corrected chi connectivity index (χ0v) is 15.0. The van der Waals surface area contributed by atoms with Crippen LogP contribution in [0.1, 0.15) is 6.92 Å². The molecule has 1 aromatic carbocycles. The van der Waals surface area contributed by atoms with Crippen LogP contribution in [0.25, 0.3) is 21.6 Å². The Balaban J connectivity index is 1.94. The van der Waals surface area contributed by atoms with Crippen LogP contribution in [-0.2, 0) is 4.79 Å². The highest BCUT2D eigenvalue weighted by atomic mass is 32.2. The second kappa shape index (κ2) is 7.55. The molecule has 1 atom stereocenters. The Labute approximate surface area is 153 Å². The predicted octanol–water partition coefficient (Wildman–Crippen LogP) is 4.20. The van der Waals surface area contributed by atoms with Gasteiger partial charge in [0, 0.05) is 11.1 Å². The number of carbonyl (C=O) groups excluding carboxylic acids is 1. The van der Waals surface area contributed by atoms with Gasteiger partial charge in [-0.05, 0) is 24.4 Å². The highest BCUT2D eigenvalue weighted by molar-refractivity contribution is 8.00. The van der Waals surface area contributed by atoms with E-state index in [4.69, 9.17) is 10.7 Å². The molecule has 25 heavy (non-hydrogen) atoms. The maximum atomic E-state index is 12.2. The summed E-state index contributed by atoms with van der Waals surface area (Å²) in [6.07, 6.45) is 0. The molecule has 0 saturated heterocycles. The third kappa shape index (κ3) is 3.76. The Morgan fingerprint density at radius 2 is 2.12 bits per heavy atom. The third-order valence-corrected chi connectivity index (χ3v) is 5.42. The number of aromatic nitrogens is 2. The van der Waals surface area contributed by atoms with Gasteiger partial charge in [-0.2, -0.15) is 5.26 Å². The zero-order chi connectivity index (χ0) is 17.8. The van der Waals surface area contributed by atoms with Crippen LogP contribution < -0.4 is 0 Å². The van der Waals surface area contributed by atoms with Crippen LogP contribution in [0.5, 0.6) is 0 Å². The van der Waals surface area contributed by atoms with Crippen LogP contribution in [0.2, 0.25) is 0 Å². The maximum absolute atomic E-state index is 12.2. The fourth-order valence-electron chi connectivity index (χ4n) is 2.31. The molecule has 2 heterocycles. The molecule has 0 saturated carbocycles. The number of nitrogens with zero attached hydrogens (tertiary/aromatic N) is 3. The zero-order valence-electron chi connectivity index (χ0n) is 13.4. The average molecular weight is 366 g/mol. The minimum absolute atomic E-state index is 0.0694. The van der Waals surface area contributed by atoms with E-state index in [1.807, 2.05) is 47.8 Å². The molecule has 0 spiro atoms. The van der Waals surface area contributed by atoms with Crippen molar-refractivity contribution in [1.29, 1.82) is 10.7 Å². The minimum Gasteiger partial charge on any atom is -0.308 e. The van der Waals surface area contributed by atoms with Crippen molar-refractivity contribution in [3.05, 3.63) is 41.8 Å². The van der Waals surface area contributed by atoms with Crippen LogP contribution in [0.4, 0.5) is 0 Å². The van der Waals surface area contributed by atoms with Crippen LogP contribution in [0, 0.1) is 22.7 Å². The van der Waals surface area contributed by atoms with E-state index >= 15 is 0 Å². The number of hydrogen-bond donors (Lipinski definition) is 1. The standard InChI is InChI=1S/C18H14N4OS2/c1-11(20)13(9-19)15(23)10-25-18-12-5-2-3-6-14(12)21-17(22-18)16-7-4-8-24-16/h2-8,13,20H,10H2,1H3. The number of fused-ring (bicyclic) bond motifs is 1. The van der Waals surface area contributed by atoms with Gasteiger partial charge in [0.25, 0.3) is 0 Å². The Morgan fingerprint density at radius 1 is 1.32 bits per heavy atom. The van der Waals surface area contributed by atoms with Gasteiger partial charge in [0.1, 0.15) is 10.9 Å².